The standard InChI is InChI=1S/C39H50N6O4/c1-26-34(24-44-13-15-45(16-14-44)37-40-11-2-12-41-37)48-36(49-35(26)32-7-5-28(25-46)6-8-32)33-9-3-27(4-10-33)23-42-38(47)43-39-20-29-17-30(21-39)19-31(18-29)22-39/h2-12,26,29-31,34-36,46H,13-25H2,1H3,(H2,42,43,47)/t26-,29?,30?,31?,34+,35+,36+,39?/m0/s1. The molecule has 3 N–H and O–H groups in total. The van der Waals surface area contributed by atoms with Gasteiger partial charge >= 0.3 is 6.03 Å². The average molecular weight is 667 g/mol. The van der Waals surface area contributed by atoms with Gasteiger partial charge in [0.1, 0.15) is 0 Å². The smallest absolute Gasteiger partial charge is 0.315 e. The van der Waals surface area contributed by atoms with Gasteiger partial charge in [0, 0.05) is 68.7 Å². The molecule has 6 fully saturated rings. The summed E-state index contributed by atoms with van der Waals surface area (Å²) in [5.74, 6) is 3.29. The number of nitrogens with one attached hydrogen (secondary N) is 2. The van der Waals surface area contributed by atoms with Crippen LogP contribution in [0.1, 0.15) is 80.1 Å². The van der Waals surface area contributed by atoms with E-state index in [1.165, 1.54) is 19.3 Å². The number of aliphatic hydroxyl groups excluding tert-OH is 1. The molecule has 1 aromatic heterocycles. The number of hydrogen-bond acceptors (Lipinski definition) is 8. The molecule has 0 spiro atoms. The minimum absolute atomic E-state index is 0.00484. The lowest BCUT2D eigenvalue weighted by atomic mass is 9.53. The maximum absolute atomic E-state index is 13.1. The van der Waals surface area contributed by atoms with Gasteiger partial charge in [0.05, 0.1) is 18.8 Å². The van der Waals surface area contributed by atoms with Gasteiger partial charge in [-0.1, -0.05) is 55.5 Å². The predicted molar refractivity (Wildman–Crippen MR) is 186 cm³/mol. The van der Waals surface area contributed by atoms with E-state index >= 15 is 0 Å². The predicted octanol–water partition coefficient (Wildman–Crippen LogP) is 5.35. The number of urea groups is 1. The Morgan fingerprint density at radius 2 is 1.47 bits per heavy atom. The van der Waals surface area contributed by atoms with Crippen LogP contribution in [0.2, 0.25) is 0 Å². The second kappa shape index (κ2) is 14.0. The molecule has 9 rings (SSSR count). The first kappa shape index (κ1) is 32.6. The monoisotopic (exact) mass is 666 g/mol. The van der Waals surface area contributed by atoms with Crippen LogP contribution >= 0.6 is 0 Å². The first-order valence-corrected chi connectivity index (χ1v) is 18.3. The van der Waals surface area contributed by atoms with E-state index in [4.69, 9.17) is 9.47 Å². The number of carbonyl (C=O) groups excluding carboxylic acids is 1. The van der Waals surface area contributed by atoms with Crippen molar-refractivity contribution in [1.29, 1.82) is 0 Å². The molecule has 4 atom stereocenters. The summed E-state index contributed by atoms with van der Waals surface area (Å²) in [4.78, 5) is 26.6. The second-order valence-electron chi connectivity index (χ2n) is 15.4. The van der Waals surface area contributed by atoms with Crippen molar-refractivity contribution in [3.8, 4) is 0 Å². The highest BCUT2D eigenvalue weighted by Crippen LogP contribution is 2.55. The van der Waals surface area contributed by atoms with Crippen molar-refractivity contribution in [2.45, 2.75) is 82.6 Å². The summed E-state index contributed by atoms with van der Waals surface area (Å²) in [6, 6.07) is 18.1. The lowest BCUT2D eigenvalue weighted by molar-refractivity contribution is -0.276. The molecule has 0 unspecified atom stereocenters. The van der Waals surface area contributed by atoms with E-state index in [1.54, 1.807) is 12.4 Å². The highest BCUT2D eigenvalue weighted by molar-refractivity contribution is 5.75. The molecular weight excluding hydrogens is 616 g/mol. The Labute approximate surface area is 289 Å². The van der Waals surface area contributed by atoms with Crippen LogP contribution in [-0.2, 0) is 22.6 Å². The van der Waals surface area contributed by atoms with Crippen molar-refractivity contribution in [2.75, 3.05) is 37.6 Å². The third-order valence-electron chi connectivity index (χ3n) is 11.9. The minimum Gasteiger partial charge on any atom is -0.392 e. The Morgan fingerprint density at radius 3 is 2.10 bits per heavy atom. The number of carbonyl (C=O) groups is 1. The highest BCUT2D eigenvalue weighted by Gasteiger charge is 2.51. The number of ether oxygens (including phenoxy) is 2. The Balaban J connectivity index is 0.913. The van der Waals surface area contributed by atoms with E-state index < -0.39 is 6.29 Å². The fourth-order valence-electron chi connectivity index (χ4n) is 9.69. The van der Waals surface area contributed by atoms with Crippen molar-refractivity contribution in [3.05, 3.63) is 89.2 Å². The van der Waals surface area contributed by atoms with Crippen LogP contribution in [0.4, 0.5) is 10.7 Å². The number of aromatic nitrogens is 2. The van der Waals surface area contributed by atoms with Gasteiger partial charge in [-0.2, -0.15) is 0 Å². The quantitative estimate of drug-likeness (QED) is 0.280. The molecule has 2 amide bonds. The Bertz CT molecular complexity index is 1530. The largest absolute Gasteiger partial charge is 0.392 e. The van der Waals surface area contributed by atoms with Gasteiger partial charge in [0.15, 0.2) is 6.29 Å². The molecule has 0 radical (unpaired) electrons. The van der Waals surface area contributed by atoms with Gasteiger partial charge in [-0.25, -0.2) is 14.8 Å². The van der Waals surface area contributed by atoms with Crippen LogP contribution in [0.5, 0.6) is 0 Å². The molecule has 2 aromatic carbocycles. The summed E-state index contributed by atoms with van der Waals surface area (Å²) >= 11 is 0. The lowest BCUT2D eigenvalue weighted by Gasteiger charge is -2.56. The zero-order valence-electron chi connectivity index (χ0n) is 28.5. The molecule has 6 aliphatic rings. The number of amides is 2. The topological polar surface area (TPSA) is 112 Å². The SMILES string of the molecule is C[C@H]1[C@@H](CN2CCN(c3ncccn3)CC2)O[C@@H](c2ccc(CNC(=O)NC34CC5CC(CC(C5)C3)C4)cc2)O[C@H]1c1ccc(CO)cc1. The summed E-state index contributed by atoms with van der Waals surface area (Å²) in [5, 5.41) is 16.2. The van der Waals surface area contributed by atoms with Crippen molar-refractivity contribution >= 4 is 12.0 Å². The first-order chi connectivity index (χ1) is 23.9. The Hall–Kier alpha value is -3.57. The zero-order chi connectivity index (χ0) is 33.4. The molecule has 10 heteroatoms. The third kappa shape index (κ3) is 7.20. The van der Waals surface area contributed by atoms with Crippen LogP contribution in [0, 0.1) is 23.7 Å². The van der Waals surface area contributed by atoms with Gasteiger partial charge in [-0.05, 0) is 79.0 Å². The maximum Gasteiger partial charge on any atom is 0.315 e. The van der Waals surface area contributed by atoms with Crippen molar-refractivity contribution in [3.63, 3.8) is 0 Å². The normalized spacial score (nSPS) is 32.6. The van der Waals surface area contributed by atoms with Gasteiger partial charge in [-0.3, -0.25) is 4.90 Å². The van der Waals surface area contributed by atoms with E-state index in [-0.39, 0.29) is 36.3 Å². The van der Waals surface area contributed by atoms with Crippen LogP contribution in [0.15, 0.2) is 67.0 Å². The lowest BCUT2D eigenvalue weighted by Crippen LogP contribution is -2.61. The number of piperazine rings is 1. The van der Waals surface area contributed by atoms with Crippen molar-refractivity contribution in [2.24, 2.45) is 23.7 Å². The van der Waals surface area contributed by atoms with Crippen molar-refractivity contribution < 1.29 is 19.4 Å². The highest BCUT2D eigenvalue weighted by atomic mass is 16.7. The fraction of sp³-hybridized carbons (Fsp3) is 0.564. The molecule has 10 nitrogen and oxygen atoms in total. The molecule has 260 valence electrons. The van der Waals surface area contributed by atoms with Crippen molar-refractivity contribution in [1.82, 2.24) is 25.5 Å². The van der Waals surface area contributed by atoms with E-state index in [9.17, 15) is 9.90 Å². The molecule has 2 aliphatic heterocycles. The van der Waals surface area contributed by atoms with Gasteiger partial charge in [0.25, 0.3) is 0 Å². The summed E-state index contributed by atoms with van der Waals surface area (Å²) in [6.45, 7) is 7.06. The minimum atomic E-state index is -0.524. The van der Waals surface area contributed by atoms with E-state index in [2.05, 4.69) is 73.7 Å². The van der Waals surface area contributed by atoms with Crippen LogP contribution in [-0.4, -0.2) is 70.4 Å². The number of rotatable bonds is 9. The van der Waals surface area contributed by atoms with Crippen LogP contribution in [0.3, 0.4) is 0 Å². The third-order valence-corrected chi connectivity index (χ3v) is 11.9. The van der Waals surface area contributed by atoms with E-state index in [0.29, 0.717) is 6.54 Å². The van der Waals surface area contributed by atoms with Crippen LogP contribution in [0.25, 0.3) is 0 Å². The van der Waals surface area contributed by atoms with Gasteiger partial charge in [-0.15, -0.1) is 0 Å². The van der Waals surface area contributed by atoms with Gasteiger partial charge < -0.3 is 30.1 Å². The molecule has 4 bridgehead atoms. The van der Waals surface area contributed by atoms with E-state index in [0.717, 1.165) is 97.9 Å². The Morgan fingerprint density at radius 1 is 0.857 bits per heavy atom. The average Bonchev–Trinajstić information content (AvgIpc) is 3.12. The Kier molecular flexibility index (Phi) is 9.31. The molecule has 3 heterocycles. The first-order valence-electron chi connectivity index (χ1n) is 18.3. The molecule has 4 aliphatic carbocycles. The number of hydrogen-bond donors (Lipinski definition) is 3. The van der Waals surface area contributed by atoms with Crippen LogP contribution < -0.4 is 15.5 Å². The van der Waals surface area contributed by atoms with E-state index in [1.807, 2.05) is 18.2 Å². The molecule has 2 saturated heterocycles. The molecular formula is C39H50N6O4. The molecule has 3 aromatic rings. The number of aliphatic hydroxyl groups is 1. The zero-order valence-corrected chi connectivity index (χ0v) is 28.5. The summed E-state index contributed by atoms with van der Waals surface area (Å²) in [7, 11) is 0. The fourth-order valence-corrected chi connectivity index (χ4v) is 9.69. The number of nitrogens with zero attached hydrogens (tertiary/aromatic N) is 4. The summed E-state index contributed by atoms with van der Waals surface area (Å²) in [5.41, 5.74) is 3.97. The molecule has 4 saturated carbocycles. The summed E-state index contributed by atoms with van der Waals surface area (Å²) in [6.07, 6.45) is 10.4. The number of benzene rings is 2. The number of anilines is 1. The van der Waals surface area contributed by atoms with Gasteiger partial charge in [0.2, 0.25) is 5.95 Å². The molecule has 49 heavy (non-hydrogen) atoms. The summed E-state index contributed by atoms with van der Waals surface area (Å²) < 4.78 is 13.4. The second-order valence-corrected chi connectivity index (χ2v) is 15.4. The maximum atomic E-state index is 13.1.